The van der Waals surface area contributed by atoms with E-state index >= 15 is 0 Å². The molecule has 0 aromatic carbocycles. The van der Waals surface area contributed by atoms with Crippen molar-refractivity contribution in [1.82, 2.24) is 0 Å². The number of hydrogen-bond acceptors (Lipinski definition) is 0. The van der Waals surface area contributed by atoms with Gasteiger partial charge in [-0.3, -0.25) is 0 Å². The third-order valence-corrected chi connectivity index (χ3v) is 7.56. The summed E-state index contributed by atoms with van der Waals surface area (Å²) in [5.74, 6) is 0. The highest BCUT2D eigenvalue weighted by atomic mass is 28.3. The first-order valence-electron chi connectivity index (χ1n) is 6.65. The summed E-state index contributed by atoms with van der Waals surface area (Å²) >= 11 is 0. The molecule has 0 aromatic heterocycles. The molecule has 0 aromatic rings. The Kier molecular flexibility index (Phi) is 6.77. The number of allylic oxidation sites excluding steroid dienone is 5. The van der Waals surface area contributed by atoms with E-state index < -0.39 is 8.07 Å². The minimum Gasteiger partial charge on any atom is -0.103 e. The summed E-state index contributed by atoms with van der Waals surface area (Å²) < 4.78 is 0. The minimum atomic E-state index is -1.18. The van der Waals surface area contributed by atoms with Crippen LogP contribution < -0.4 is 0 Å². The Bertz CT molecular complexity index is 287. The van der Waals surface area contributed by atoms with Gasteiger partial charge in [0.05, 0.1) is 8.07 Å². The molecule has 0 fully saturated rings. The minimum absolute atomic E-state index is 0.391. The Labute approximate surface area is 110 Å². The van der Waals surface area contributed by atoms with E-state index in [9.17, 15) is 0 Å². The number of hydrogen-bond donors (Lipinski definition) is 0. The standard InChI is InChI=1S/C16H30Si/c1-8-9-10-13-16(4,17(5,6)7)14-11-12-15(2)3/h8,10,12-13H,1,9,11,14H2,2-7H3/b13-10+. The second-order valence-corrected chi connectivity index (χ2v) is 12.1. The van der Waals surface area contributed by atoms with Crippen LogP contribution in [0.25, 0.3) is 0 Å². The van der Waals surface area contributed by atoms with Crippen LogP contribution in [-0.4, -0.2) is 8.07 Å². The zero-order valence-corrected chi connectivity index (χ0v) is 13.6. The van der Waals surface area contributed by atoms with E-state index in [1.807, 2.05) is 6.08 Å². The molecule has 0 aliphatic carbocycles. The van der Waals surface area contributed by atoms with Crippen LogP contribution in [-0.2, 0) is 0 Å². The van der Waals surface area contributed by atoms with Gasteiger partial charge < -0.3 is 0 Å². The third kappa shape index (κ3) is 6.07. The van der Waals surface area contributed by atoms with Crippen LogP contribution in [0.1, 0.15) is 40.0 Å². The fourth-order valence-corrected chi connectivity index (χ4v) is 3.31. The summed E-state index contributed by atoms with van der Waals surface area (Å²) in [6, 6.07) is 0. The lowest BCUT2D eigenvalue weighted by atomic mass is 10.0. The highest BCUT2D eigenvalue weighted by Gasteiger charge is 2.35. The smallest absolute Gasteiger partial charge is 0.0545 e. The lowest BCUT2D eigenvalue weighted by Gasteiger charge is -2.38. The van der Waals surface area contributed by atoms with Gasteiger partial charge in [0.2, 0.25) is 0 Å². The van der Waals surface area contributed by atoms with Gasteiger partial charge in [-0.1, -0.05) is 56.4 Å². The molecular formula is C16H30Si. The first kappa shape index (κ1) is 16.4. The van der Waals surface area contributed by atoms with Crippen molar-refractivity contribution in [1.29, 1.82) is 0 Å². The van der Waals surface area contributed by atoms with E-state index in [0.717, 1.165) is 6.42 Å². The molecule has 98 valence electrons. The van der Waals surface area contributed by atoms with Gasteiger partial charge in [-0.05, 0) is 38.1 Å². The van der Waals surface area contributed by atoms with Gasteiger partial charge in [0.1, 0.15) is 0 Å². The van der Waals surface area contributed by atoms with Gasteiger partial charge in [0.25, 0.3) is 0 Å². The van der Waals surface area contributed by atoms with Crippen molar-refractivity contribution in [2.45, 2.75) is 64.7 Å². The summed E-state index contributed by atoms with van der Waals surface area (Å²) in [6.45, 7) is 18.0. The average Bonchev–Trinajstić information content (AvgIpc) is 2.15. The van der Waals surface area contributed by atoms with E-state index in [4.69, 9.17) is 0 Å². The van der Waals surface area contributed by atoms with Gasteiger partial charge in [-0.25, -0.2) is 0 Å². The summed E-state index contributed by atoms with van der Waals surface area (Å²) in [7, 11) is -1.18. The van der Waals surface area contributed by atoms with Gasteiger partial charge >= 0.3 is 0 Å². The quantitative estimate of drug-likeness (QED) is 0.386. The van der Waals surface area contributed by atoms with Gasteiger partial charge in [0.15, 0.2) is 0 Å². The predicted molar refractivity (Wildman–Crippen MR) is 84.3 cm³/mol. The second-order valence-electron chi connectivity index (χ2n) is 6.41. The molecule has 0 bridgehead atoms. The fourth-order valence-electron chi connectivity index (χ4n) is 1.79. The van der Waals surface area contributed by atoms with Crippen LogP contribution in [0.2, 0.25) is 24.7 Å². The van der Waals surface area contributed by atoms with E-state index in [0.29, 0.717) is 5.04 Å². The SMILES string of the molecule is C=CC/C=C/C(C)(CCC=C(C)C)[Si](C)(C)C. The maximum Gasteiger partial charge on any atom is 0.0545 e. The second kappa shape index (κ2) is 7.00. The van der Waals surface area contributed by atoms with Crippen molar-refractivity contribution < 1.29 is 0 Å². The Morgan fingerprint density at radius 1 is 1.24 bits per heavy atom. The van der Waals surface area contributed by atoms with Crippen LogP contribution in [0.15, 0.2) is 36.5 Å². The lowest BCUT2D eigenvalue weighted by molar-refractivity contribution is 0.649. The van der Waals surface area contributed by atoms with E-state index in [-0.39, 0.29) is 0 Å². The molecule has 1 atom stereocenters. The van der Waals surface area contributed by atoms with E-state index in [1.54, 1.807) is 0 Å². The summed E-state index contributed by atoms with van der Waals surface area (Å²) in [5.41, 5.74) is 1.43. The van der Waals surface area contributed by atoms with Crippen LogP contribution in [0.4, 0.5) is 0 Å². The van der Waals surface area contributed by atoms with Gasteiger partial charge in [0, 0.05) is 0 Å². The maximum atomic E-state index is 3.78. The van der Waals surface area contributed by atoms with Crippen LogP contribution in [0, 0.1) is 0 Å². The molecule has 17 heavy (non-hydrogen) atoms. The molecule has 0 nitrogen and oxygen atoms in total. The molecule has 0 aliphatic rings. The molecule has 0 spiro atoms. The molecule has 0 N–H and O–H groups in total. The topological polar surface area (TPSA) is 0 Å². The maximum absolute atomic E-state index is 3.78. The highest BCUT2D eigenvalue weighted by molar-refractivity contribution is 6.79. The monoisotopic (exact) mass is 250 g/mol. The van der Waals surface area contributed by atoms with E-state index in [1.165, 1.54) is 18.4 Å². The molecule has 0 saturated carbocycles. The molecule has 0 saturated heterocycles. The van der Waals surface area contributed by atoms with Gasteiger partial charge in [-0.2, -0.15) is 0 Å². The molecule has 0 aliphatic heterocycles. The molecule has 0 radical (unpaired) electrons. The molecule has 1 heteroatoms. The van der Waals surface area contributed by atoms with Crippen molar-refractivity contribution in [3.63, 3.8) is 0 Å². The van der Waals surface area contributed by atoms with Crippen LogP contribution >= 0.6 is 0 Å². The number of rotatable bonds is 7. The normalized spacial score (nSPS) is 15.6. The molecule has 0 rings (SSSR count). The molecule has 0 amide bonds. The Morgan fingerprint density at radius 2 is 1.82 bits per heavy atom. The van der Waals surface area contributed by atoms with Crippen molar-refractivity contribution in [3.8, 4) is 0 Å². The zero-order valence-electron chi connectivity index (χ0n) is 12.6. The highest BCUT2D eigenvalue weighted by Crippen LogP contribution is 2.43. The predicted octanol–water partition coefficient (Wildman–Crippen LogP) is 5.96. The summed E-state index contributed by atoms with van der Waals surface area (Å²) in [6.07, 6.45) is 12.5. The summed E-state index contributed by atoms with van der Waals surface area (Å²) in [5, 5.41) is 0.391. The van der Waals surface area contributed by atoms with Crippen LogP contribution in [0.5, 0.6) is 0 Å². The first-order chi connectivity index (χ1) is 7.73. The average molecular weight is 251 g/mol. The third-order valence-electron chi connectivity index (χ3n) is 3.72. The van der Waals surface area contributed by atoms with Gasteiger partial charge in [-0.15, -0.1) is 6.58 Å². The fraction of sp³-hybridized carbons (Fsp3) is 0.625. The molecule has 0 heterocycles. The van der Waals surface area contributed by atoms with Crippen LogP contribution in [0.3, 0.4) is 0 Å². The molecule has 1 unspecified atom stereocenters. The molecular weight excluding hydrogens is 220 g/mol. The van der Waals surface area contributed by atoms with Crippen molar-refractivity contribution in [2.75, 3.05) is 0 Å². The zero-order chi connectivity index (χ0) is 13.5. The largest absolute Gasteiger partial charge is 0.103 e. The lowest BCUT2D eigenvalue weighted by Crippen LogP contribution is -2.36. The Balaban J connectivity index is 4.74. The van der Waals surface area contributed by atoms with Crippen molar-refractivity contribution in [3.05, 3.63) is 36.5 Å². The first-order valence-corrected chi connectivity index (χ1v) is 10.1. The Morgan fingerprint density at radius 3 is 2.24 bits per heavy atom. The van der Waals surface area contributed by atoms with E-state index in [2.05, 4.69) is 65.2 Å². The Hall–Kier alpha value is -0.563. The van der Waals surface area contributed by atoms with Crippen molar-refractivity contribution in [2.24, 2.45) is 0 Å². The van der Waals surface area contributed by atoms with Crippen molar-refractivity contribution >= 4 is 8.07 Å². The summed E-state index contributed by atoms with van der Waals surface area (Å²) in [4.78, 5) is 0.